The summed E-state index contributed by atoms with van der Waals surface area (Å²) in [5.74, 6) is 0.980. The lowest BCUT2D eigenvalue weighted by Gasteiger charge is -2.10. The van der Waals surface area contributed by atoms with Crippen LogP contribution in [0.3, 0.4) is 0 Å². The van der Waals surface area contributed by atoms with Gasteiger partial charge in [0.05, 0.1) is 6.61 Å². The van der Waals surface area contributed by atoms with E-state index in [0.29, 0.717) is 5.56 Å². The van der Waals surface area contributed by atoms with E-state index in [4.69, 9.17) is 15.7 Å². The van der Waals surface area contributed by atoms with E-state index in [1.165, 1.54) is 19.3 Å². The number of ether oxygens (including phenoxy) is 1. The van der Waals surface area contributed by atoms with Gasteiger partial charge in [0.15, 0.2) is 5.84 Å². The maximum atomic E-state index is 8.60. The number of aryl methyl sites for hydroxylation is 1. The van der Waals surface area contributed by atoms with Gasteiger partial charge in [-0.15, -0.1) is 0 Å². The smallest absolute Gasteiger partial charge is 0.170 e. The van der Waals surface area contributed by atoms with Crippen LogP contribution >= 0.6 is 0 Å². The number of hydrogen-bond acceptors (Lipinski definition) is 3. The summed E-state index contributed by atoms with van der Waals surface area (Å²) in [7, 11) is 0. The molecule has 1 aromatic carbocycles. The lowest BCUT2D eigenvalue weighted by molar-refractivity contribution is 0.303. The standard InChI is InChI=1S/C14H22N2O2/c1-3-4-5-6-9-18-13-8-7-12(10-11(13)2)14(15)16-17/h7-8,10,17H,3-6,9H2,1-2H3,(H2,15,16). The van der Waals surface area contributed by atoms with Crippen molar-refractivity contribution in [3.63, 3.8) is 0 Å². The first-order valence-corrected chi connectivity index (χ1v) is 6.40. The van der Waals surface area contributed by atoms with Gasteiger partial charge in [0.1, 0.15) is 5.75 Å². The van der Waals surface area contributed by atoms with Gasteiger partial charge < -0.3 is 15.7 Å². The van der Waals surface area contributed by atoms with E-state index in [9.17, 15) is 0 Å². The number of nitrogens with two attached hydrogens (primary N) is 1. The molecule has 0 aliphatic heterocycles. The van der Waals surface area contributed by atoms with Crippen molar-refractivity contribution in [1.82, 2.24) is 0 Å². The van der Waals surface area contributed by atoms with Crippen molar-refractivity contribution in [2.75, 3.05) is 6.61 Å². The molecule has 0 aromatic heterocycles. The van der Waals surface area contributed by atoms with Crippen molar-refractivity contribution in [1.29, 1.82) is 0 Å². The molecule has 0 saturated carbocycles. The molecule has 0 bridgehead atoms. The van der Waals surface area contributed by atoms with Crippen LogP contribution in [0.15, 0.2) is 23.4 Å². The Labute approximate surface area is 108 Å². The van der Waals surface area contributed by atoms with Crippen LogP contribution in [0.2, 0.25) is 0 Å². The molecule has 4 heteroatoms. The number of benzene rings is 1. The van der Waals surface area contributed by atoms with Gasteiger partial charge in [0.2, 0.25) is 0 Å². The molecule has 1 aromatic rings. The van der Waals surface area contributed by atoms with Crippen LogP contribution in [-0.4, -0.2) is 17.6 Å². The van der Waals surface area contributed by atoms with Gasteiger partial charge in [-0.3, -0.25) is 0 Å². The summed E-state index contributed by atoms with van der Waals surface area (Å²) in [6.45, 7) is 4.89. The lowest BCUT2D eigenvalue weighted by atomic mass is 10.1. The minimum Gasteiger partial charge on any atom is -0.493 e. The van der Waals surface area contributed by atoms with Crippen LogP contribution in [0.25, 0.3) is 0 Å². The van der Waals surface area contributed by atoms with Crippen LogP contribution in [0, 0.1) is 6.92 Å². The monoisotopic (exact) mass is 250 g/mol. The van der Waals surface area contributed by atoms with Gasteiger partial charge in [-0.1, -0.05) is 31.3 Å². The summed E-state index contributed by atoms with van der Waals surface area (Å²) < 4.78 is 5.71. The van der Waals surface area contributed by atoms with Crippen molar-refractivity contribution in [2.24, 2.45) is 10.9 Å². The van der Waals surface area contributed by atoms with E-state index >= 15 is 0 Å². The van der Waals surface area contributed by atoms with E-state index in [1.54, 1.807) is 6.07 Å². The molecule has 0 unspecified atom stereocenters. The molecule has 0 amide bonds. The Morgan fingerprint density at radius 3 is 2.72 bits per heavy atom. The first kappa shape index (κ1) is 14.4. The highest BCUT2D eigenvalue weighted by molar-refractivity contribution is 5.97. The molecular formula is C14H22N2O2. The first-order chi connectivity index (χ1) is 8.69. The zero-order valence-electron chi connectivity index (χ0n) is 11.1. The summed E-state index contributed by atoms with van der Waals surface area (Å²) >= 11 is 0. The normalized spacial score (nSPS) is 11.6. The number of hydrogen-bond donors (Lipinski definition) is 2. The third-order valence-corrected chi connectivity index (χ3v) is 2.83. The summed E-state index contributed by atoms with van der Waals surface area (Å²) in [6, 6.07) is 5.52. The number of nitrogens with zero attached hydrogens (tertiary/aromatic N) is 1. The molecule has 1 rings (SSSR count). The minimum atomic E-state index is 0.118. The third kappa shape index (κ3) is 4.28. The van der Waals surface area contributed by atoms with Crippen LogP contribution in [0.5, 0.6) is 5.75 Å². The number of rotatable bonds is 7. The fourth-order valence-corrected chi connectivity index (χ4v) is 1.74. The predicted molar refractivity (Wildman–Crippen MR) is 73.3 cm³/mol. The SMILES string of the molecule is CCCCCCOc1ccc(C(N)=NO)cc1C. The molecule has 0 atom stereocenters. The topological polar surface area (TPSA) is 67.8 Å². The molecule has 0 aliphatic carbocycles. The zero-order chi connectivity index (χ0) is 13.4. The van der Waals surface area contributed by atoms with Crippen LogP contribution in [0.4, 0.5) is 0 Å². The predicted octanol–water partition coefficient (Wildman–Crippen LogP) is 3.05. The second-order valence-electron chi connectivity index (χ2n) is 4.37. The average molecular weight is 250 g/mol. The molecule has 0 aliphatic rings. The van der Waals surface area contributed by atoms with E-state index < -0.39 is 0 Å². The largest absolute Gasteiger partial charge is 0.493 e. The van der Waals surface area contributed by atoms with Crippen molar-refractivity contribution in [2.45, 2.75) is 39.5 Å². The minimum absolute atomic E-state index is 0.118. The summed E-state index contributed by atoms with van der Waals surface area (Å²) in [6.07, 6.45) is 4.77. The van der Waals surface area contributed by atoms with Crippen molar-refractivity contribution in [3.8, 4) is 5.75 Å². The molecule has 0 fully saturated rings. The zero-order valence-corrected chi connectivity index (χ0v) is 11.1. The van der Waals surface area contributed by atoms with E-state index in [-0.39, 0.29) is 5.84 Å². The van der Waals surface area contributed by atoms with Gasteiger partial charge in [0, 0.05) is 5.56 Å². The second-order valence-corrected chi connectivity index (χ2v) is 4.37. The summed E-state index contributed by atoms with van der Waals surface area (Å²) in [5.41, 5.74) is 7.22. The van der Waals surface area contributed by atoms with E-state index in [2.05, 4.69) is 12.1 Å². The quantitative estimate of drug-likeness (QED) is 0.257. The molecule has 0 radical (unpaired) electrons. The third-order valence-electron chi connectivity index (χ3n) is 2.83. The second kappa shape index (κ2) is 7.58. The Morgan fingerprint density at radius 1 is 1.33 bits per heavy atom. The van der Waals surface area contributed by atoms with Gasteiger partial charge in [-0.05, 0) is 37.1 Å². The fourth-order valence-electron chi connectivity index (χ4n) is 1.74. The molecule has 0 spiro atoms. The molecule has 100 valence electrons. The summed E-state index contributed by atoms with van der Waals surface area (Å²) in [5, 5.41) is 11.6. The van der Waals surface area contributed by atoms with E-state index in [1.807, 2.05) is 19.1 Å². The Balaban J connectivity index is 2.52. The van der Waals surface area contributed by atoms with Gasteiger partial charge in [-0.2, -0.15) is 0 Å². The Kier molecular flexibility index (Phi) is 6.05. The molecular weight excluding hydrogens is 228 g/mol. The number of amidine groups is 1. The molecule has 18 heavy (non-hydrogen) atoms. The maximum absolute atomic E-state index is 8.60. The van der Waals surface area contributed by atoms with Crippen molar-refractivity contribution in [3.05, 3.63) is 29.3 Å². The van der Waals surface area contributed by atoms with Crippen LogP contribution in [0.1, 0.15) is 43.7 Å². The Morgan fingerprint density at radius 2 is 2.11 bits per heavy atom. The lowest BCUT2D eigenvalue weighted by Crippen LogP contribution is -2.13. The Hall–Kier alpha value is -1.71. The molecule has 3 N–H and O–H groups in total. The first-order valence-electron chi connectivity index (χ1n) is 6.40. The Bertz CT molecular complexity index is 403. The number of oxime groups is 1. The average Bonchev–Trinajstić information content (AvgIpc) is 2.39. The van der Waals surface area contributed by atoms with Gasteiger partial charge >= 0.3 is 0 Å². The van der Waals surface area contributed by atoms with Crippen molar-refractivity contribution >= 4 is 5.84 Å². The highest BCUT2D eigenvalue weighted by Gasteiger charge is 2.04. The highest BCUT2D eigenvalue weighted by atomic mass is 16.5. The van der Waals surface area contributed by atoms with Crippen LogP contribution < -0.4 is 10.5 Å². The van der Waals surface area contributed by atoms with Crippen molar-refractivity contribution < 1.29 is 9.94 Å². The van der Waals surface area contributed by atoms with Gasteiger partial charge in [-0.25, -0.2) is 0 Å². The molecule has 4 nitrogen and oxygen atoms in total. The number of unbranched alkanes of at least 4 members (excludes halogenated alkanes) is 3. The maximum Gasteiger partial charge on any atom is 0.170 e. The van der Waals surface area contributed by atoms with Crippen LogP contribution in [-0.2, 0) is 0 Å². The highest BCUT2D eigenvalue weighted by Crippen LogP contribution is 2.19. The van der Waals surface area contributed by atoms with Gasteiger partial charge in [0.25, 0.3) is 0 Å². The van der Waals surface area contributed by atoms with E-state index in [0.717, 1.165) is 24.3 Å². The molecule has 0 saturated heterocycles. The fraction of sp³-hybridized carbons (Fsp3) is 0.500. The summed E-state index contributed by atoms with van der Waals surface area (Å²) in [4.78, 5) is 0. The molecule has 0 heterocycles.